The molecule has 178 valence electrons. The molecule has 5 nitrogen and oxygen atoms in total. The molecule has 1 spiro atoms. The standard InChI is InChI=1S/C29H34N2O3/c1-30-26-15-9-8-14-25(26)29(22-10-4-2-5-11-22,23-12-6-3-7-13-23)28(30)19-18-21-20-24(31(32)33)16-17-27(21)34-28/h8-9,14-20,22-23H,2-7,10-13H2,1H3/t28-/m0/s1. The summed E-state index contributed by atoms with van der Waals surface area (Å²) in [5.74, 6) is 1.86. The van der Waals surface area contributed by atoms with Gasteiger partial charge in [0, 0.05) is 30.4 Å². The number of hydrogen-bond donors (Lipinski definition) is 0. The maximum Gasteiger partial charge on any atom is 0.270 e. The summed E-state index contributed by atoms with van der Waals surface area (Å²) in [7, 11) is 2.19. The van der Waals surface area contributed by atoms with Crippen LogP contribution in [-0.4, -0.2) is 17.7 Å². The van der Waals surface area contributed by atoms with E-state index in [2.05, 4.69) is 48.4 Å². The van der Waals surface area contributed by atoms with Gasteiger partial charge in [0.05, 0.1) is 10.3 Å². The van der Waals surface area contributed by atoms with Crippen LogP contribution < -0.4 is 9.64 Å². The third-order valence-electron chi connectivity index (χ3n) is 9.26. The maximum absolute atomic E-state index is 11.4. The maximum atomic E-state index is 11.4. The van der Waals surface area contributed by atoms with Crippen LogP contribution in [-0.2, 0) is 5.41 Å². The molecule has 0 bridgehead atoms. The fraction of sp³-hybridized carbons (Fsp3) is 0.517. The number of hydrogen-bond acceptors (Lipinski definition) is 4. The van der Waals surface area contributed by atoms with Crippen LogP contribution in [0.1, 0.15) is 75.3 Å². The minimum Gasteiger partial charge on any atom is -0.463 e. The zero-order chi connectivity index (χ0) is 23.3. The molecule has 2 aliphatic heterocycles. The zero-order valence-electron chi connectivity index (χ0n) is 20.0. The van der Waals surface area contributed by atoms with E-state index >= 15 is 0 Å². The van der Waals surface area contributed by atoms with Crippen molar-refractivity contribution in [1.82, 2.24) is 0 Å². The highest BCUT2D eigenvalue weighted by Crippen LogP contribution is 2.65. The van der Waals surface area contributed by atoms with Gasteiger partial charge in [-0.15, -0.1) is 0 Å². The Morgan fingerprint density at radius 1 is 0.941 bits per heavy atom. The lowest BCUT2D eigenvalue weighted by Gasteiger charge is -2.57. The first-order valence-corrected chi connectivity index (χ1v) is 13.1. The van der Waals surface area contributed by atoms with Crippen molar-refractivity contribution in [2.45, 2.75) is 75.3 Å². The number of nitrogens with zero attached hydrogens (tertiary/aromatic N) is 2. The van der Waals surface area contributed by atoms with E-state index in [1.807, 2.05) is 6.07 Å². The van der Waals surface area contributed by atoms with E-state index in [0.717, 1.165) is 11.3 Å². The minimum atomic E-state index is -0.621. The molecule has 0 aromatic heterocycles. The van der Waals surface area contributed by atoms with Gasteiger partial charge in [-0.1, -0.05) is 56.7 Å². The van der Waals surface area contributed by atoms with Crippen LogP contribution >= 0.6 is 0 Å². The lowest BCUT2D eigenvalue weighted by Crippen LogP contribution is -2.66. The second kappa shape index (κ2) is 8.14. The predicted molar refractivity (Wildman–Crippen MR) is 135 cm³/mol. The van der Waals surface area contributed by atoms with Gasteiger partial charge >= 0.3 is 0 Å². The topological polar surface area (TPSA) is 55.6 Å². The molecule has 0 radical (unpaired) electrons. The van der Waals surface area contributed by atoms with Crippen LogP contribution in [0.2, 0.25) is 0 Å². The summed E-state index contributed by atoms with van der Waals surface area (Å²) in [5, 5.41) is 11.4. The largest absolute Gasteiger partial charge is 0.463 e. The molecule has 2 aromatic carbocycles. The van der Waals surface area contributed by atoms with Gasteiger partial charge in [0.25, 0.3) is 5.69 Å². The highest BCUT2D eigenvalue weighted by molar-refractivity contribution is 5.73. The summed E-state index contributed by atoms with van der Waals surface area (Å²) in [4.78, 5) is 13.4. The van der Waals surface area contributed by atoms with E-state index in [0.29, 0.717) is 11.8 Å². The van der Waals surface area contributed by atoms with Crippen molar-refractivity contribution < 1.29 is 9.66 Å². The Labute approximate surface area is 202 Å². The summed E-state index contributed by atoms with van der Waals surface area (Å²) >= 11 is 0. The smallest absolute Gasteiger partial charge is 0.270 e. The van der Waals surface area contributed by atoms with Gasteiger partial charge in [-0.2, -0.15) is 0 Å². The average Bonchev–Trinajstić information content (AvgIpc) is 3.10. The molecule has 6 rings (SSSR count). The molecule has 2 aliphatic carbocycles. The molecule has 2 saturated carbocycles. The summed E-state index contributed by atoms with van der Waals surface area (Å²) in [6.07, 6.45) is 17.1. The van der Waals surface area contributed by atoms with Crippen LogP contribution in [0.5, 0.6) is 5.75 Å². The number of ether oxygens (including phenoxy) is 1. The van der Waals surface area contributed by atoms with Gasteiger partial charge < -0.3 is 9.64 Å². The van der Waals surface area contributed by atoms with E-state index < -0.39 is 5.72 Å². The number of nitro benzene ring substituents is 1. The Hall–Kier alpha value is -2.82. The first-order valence-electron chi connectivity index (χ1n) is 13.1. The number of benzene rings is 2. The molecule has 0 saturated heterocycles. The molecular weight excluding hydrogens is 424 g/mol. The number of nitro groups is 1. The third kappa shape index (κ3) is 2.91. The van der Waals surface area contributed by atoms with Crippen LogP contribution in [0.15, 0.2) is 48.5 Å². The average molecular weight is 459 g/mol. The molecule has 2 aromatic rings. The van der Waals surface area contributed by atoms with Crippen molar-refractivity contribution in [3.05, 3.63) is 69.8 Å². The summed E-state index contributed by atoms with van der Waals surface area (Å²) in [5.41, 5.74) is 2.88. The van der Waals surface area contributed by atoms with E-state index in [4.69, 9.17) is 4.74 Å². The number of anilines is 1. The van der Waals surface area contributed by atoms with Crippen LogP contribution in [0.25, 0.3) is 6.08 Å². The van der Waals surface area contributed by atoms with Gasteiger partial charge in [0.15, 0.2) is 0 Å². The number of likely N-dealkylation sites (N-methyl/N-ethyl adjacent to an activating group) is 1. The van der Waals surface area contributed by atoms with E-state index in [1.165, 1.54) is 75.5 Å². The summed E-state index contributed by atoms with van der Waals surface area (Å²) in [6, 6.07) is 14.0. The fourth-order valence-electron chi connectivity index (χ4n) is 7.92. The van der Waals surface area contributed by atoms with Crippen molar-refractivity contribution >= 4 is 17.5 Å². The summed E-state index contributed by atoms with van der Waals surface area (Å²) in [6.45, 7) is 0. The second-order valence-corrected chi connectivity index (χ2v) is 10.7. The van der Waals surface area contributed by atoms with Crippen molar-refractivity contribution in [3.63, 3.8) is 0 Å². The number of fused-ring (bicyclic) bond motifs is 2. The number of rotatable bonds is 3. The molecule has 2 heterocycles. The van der Waals surface area contributed by atoms with Gasteiger partial charge in [0.2, 0.25) is 5.72 Å². The van der Waals surface area contributed by atoms with Crippen LogP contribution in [0.3, 0.4) is 0 Å². The zero-order valence-corrected chi connectivity index (χ0v) is 20.0. The van der Waals surface area contributed by atoms with E-state index in [9.17, 15) is 10.1 Å². The highest BCUT2D eigenvalue weighted by Gasteiger charge is 2.68. The molecule has 34 heavy (non-hydrogen) atoms. The lowest BCUT2D eigenvalue weighted by molar-refractivity contribution is -0.384. The second-order valence-electron chi connectivity index (χ2n) is 10.7. The first-order chi connectivity index (χ1) is 16.6. The predicted octanol–water partition coefficient (Wildman–Crippen LogP) is 7.25. The van der Waals surface area contributed by atoms with Gasteiger partial charge in [-0.25, -0.2) is 0 Å². The van der Waals surface area contributed by atoms with Crippen molar-refractivity contribution in [2.75, 3.05) is 11.9 Å². The highest BCUT2D eigenvalue weighted by atomic mass is 16.6. The van der Waals surface area contributed by atoms with Crippen LogP contribution in [0, 0.1) is 22.0 Å². The fourth-order valence-corrected chi connectivity index (χ4v) is 7.92. The van der Waals surface area contributed by atoms with E-state index in [-0.39, 0.29) is 16.0 Å². The number of non-ortho nitro benzene ring substituents is 1. The first kappa shape index (κ1) is 21.7. The lowest BCUT2D eigenvalue weighted by atomic mass is 9.52. The van der Waals surface area contributed by atoms with Gasteiger partial charge in [0.1, 0.15) is 5.75 Å². The Kier molecular flexibility index (Phi) is 5.20. The molecular formula is C29H34N2O3. The normalized spacial score (nSPS) is 26.2. The quantitative estimate of drug-likeness (QED) is 0.359. The minimum absolute atomic E-state index is 0.108. The Bertz CT molecular complexity index is 1110. The monoisotopic (exact) mass is 458 g/mol. The van der Waals surface area contributed by atoms with Crippen molar-refractivity contribution in [1.29, 1.82) is 0 Å². The molecule has 2 fully saturated rings. The molecule has 1 atom stereocenters. The Morgan fingerprint density at radius 3 is 2.24 bits per heavy atom. The molecule has 0 N–H and O–H groups in total. The number of para-hydroxylation sites is 1. The van der Waals surface area contributed by atoms with Crippen LogP contribution in [0.4, 0.5) is 11.4 Å². The Morgan fingerprint density at radius 2 is 1.59 bits per heavy atom. The molecule has 0 amide bonds. The summed E-state index contributed by atoms with van der Waals surface area (Å²) < 4.78 is 7.15. The SMILES string of the molecule is CN1c2ccccc2C(C2CCCCC2)(C2CCCCC2)[C@@]12C=Cc1cc([N+](=O)[O-])ccc1O2. The van der Waals surface area contributed by atoms with Crippen molar-refractivity contribution in [3.8, 4) is 5.75 Å². The van der Waals surface area contributed by atoms with Gasteiger partial charge in [-0.3, -0.25) is 10.1 Å². The molecule has 5 heteroatoms. The molecule has 0 unspecified atom stereocenters. The van der Waals surface area contributed by atoms with Gasteiger partial charge in [-0.05, 0) is 67.4 Å². The van der Waals surface area contributed by atoms with E-state index in [1.54, 1.807) is 12.1 Å². The molecule has 4 aliphatic rings. The Balaban J connectivity index is 1.58. The third-order valence-corrected chi connectivity index (χ3v) is 9.26. The van der Waals surface area contributed by atoms with Crippen molar-refractivity contribution in [2.24, 2.45) is 11.8 Å².